The summed E-state index contributed by atoms with van der Waals surface area (Å²) in [4.78, 5) is 37.9. The van der Waals surface area contributed by atoms with Gasteiger partial charge in [-0.2, -0.15) is 0 Å². The molecule has 6 heteroatoms. The summed E-state index contributed by atoms with van der Waals surface area (Å²) < 4.78 is 16.8. The first-order chi connectivity index (χ1) is 27.8. The summed E-state index contributed by atoms with van der Waals surface area (Å²) in [6, 6.07) is 0. The van der Waals surface area contributed by atoms with E-state index in [-0.39, 0.29) is 31.1 Å². The Bertz CT molecular complexity index is 872. The molecule has 0 aliphatic rings. The van der Waals surface area contributed by atoms with Gasteiger partial charge in [-0.3, -0.25) is 14.4 Å². The fraction of sp³-hybridized carbons (Fsp3) is 0.941. The van der Waals surface area contributed by atoms with E-state index in [1.54, 1.807) is 0 Å². The van der Waals surface area contributed by atoms with Crippen molar-refractivity contribution in [3.8, 4) is 0 Å². The van der Waals surface area contributed by atoms with Gasteiger partial charge in [-0.15, -0.1) is 0 Å². The summed E-state index contributed by atoms with van der Waals surface area (Å²) in [5.41, 5.74) is 0. The lowest BCUT2D eigenvalue weighted by Crippen LogP contribution is -2.30. The van der Waals surface area contributed by atoms with Crippen LogP contribution in [0.4, 0.5) is 0 Å². The summed E-state index contributed by atoms with van der Waals surface area (Å²) in [6.45, 7) is 11.3. The second-order valence-corrected chi connectivity index (χ2v) is 18.2. The van der Waals surface area contributed by atoms with Crippen LogP contribution in [-0.4, -0.2) is 37.2 Å². The Labute approximate surface area is 355 Å². The third-order valence-corrected chi connectivity index (χ3v) is 11.8. The van der Waals surface area contributed by atoms with E-state index >= 15 is 0 Å². The van der Waals surface area contributed by atoms with Gasteiger partial charge in [0.15, 0.2) is 6.10 Å². The molecule has 0 aromatic rings. The summed E-state index contributed by atoms with van der Waals surface area (Å²) in [5.74, 6) is 0.788. The zero-order valence-corrected chi connectivity index (χ0v) is 39.0. The van der Waals surface area contributed by atoms with Crippen LogP contribution in [-0.2, 0) is 28.6 Å². The van der Waals surface area contributed by atoms with Gasteiger partial charge >= 0.3 is 17.9 Å². The third kappa shape index (κ3) is 43.8. The minimum Gasteiger partial charge on any atom is -0.462 e. The Morgan fingerprint density at radius 1 is 0.368 bits per heavy atom. The van der Waals surface area contributed by atoms with E-state index in [0.717, 1.165) is 69.6 Å². The zero-order chi connectivity index (χ0) is 41.9. The Hall–Kier alpha value is -1.59. The fourth-order valence-corrected chi connectivity index (χ4v) is 7.60. The molecule has 0 N–H and O–H groups in total. The van der Waals surface area contributed by atoms with Crippen LogP contribution in [0.5, 0.6) is 0 Å². The maximum absolute atomic E-state index is 12.7. The summed E-state index contributed by atoms with van der Waals surface area (Å²) in [7, 11) is 0. The second-order valence-electron chi connectivity index (χ2n) is 18.2. The zero-order valence-electron chi connectivity index (χ0n) is 39.0. The van der Waals surface area contributed by atoms with E-state index in [2.05, 4.69) is 34.6 Å². The molecular weight excluding hydrogens is 709 g/mol. The molecule has 0 saturated carbocycles. The molecule has 0 aromatic carbocycles. The minimum absolute atomic E-state index is 0.0646. The molecule has 0 bridgehead atoms. The lowest BCUT2D eigenvalue weighted by Gasteiger charge is -2.18. The predicted molar refractivity (Wildman–Crippen MR) is 243 cm³/mol. The number of esters is 3. The number of carbonyl (C=O) groups excluding carboxylic acids is 3. The Kier molecular flexibility index (Phi) is 42.7. The lowest BCUT2D eigenvalue weighted by atomic mass is 9.99. The Morgan fingerprint density at radius 2 is 0.667 bits per heavy atom. The van der Waals surface area contributed by atoms with Crippen molar-refractivity contribution in [2.45, 2.75) is 285 Å². The van der Waals surface area contributed by atoms with Crippen molar-refractivity contribution in [2.24, 2.45) is 11.8 Å². The van der Waals surface area contributed by atoms with E-state index in [0.29, 0.717) is 19.3 Å². The molecule has 0 amide bonds. The maximum atomic E-state index is 12.7. The topological polar surface area (TPSA) is 78.9 Å². The summed E-state index contributed by atoms with van der Waals surface area (Å²) in [6.07, 6.45) is 43.7. The molecule has 338 valence electrons. The molecule has 2 atom stereocenters. The first-order valence-electron chi connectivity index (χ1n) is 25.3. The minimum atomic E-state index is -0.762. The highest BCUT2D eigenvalue weighted by Gasteiger charge is 2.19. The third-order valence-electron chi connectivity index (χ3n) is 11.8. The monoisotopic (exact) mass is 807 g/mol. The van der Waals surface area contributed by atoms with Crippen molar-refractivity contribution >= 4 is 17.9 Å². The van der Waals surface area contributed by atoms with Gasteiger partial charge in [0.2, 0.25) is 0 Å². The smallest absolute Gasteiger partial charge is 0.306 e. The highest BCUT2D eigenvalue weighted by atomic mass is 16.6. The van der Waals surface area contributed by atoms with Crippen molar-refractivity contribution < 1.29 is 28.6 Å². The number of hydrogen-bond donors (Lipinski definition) is 0. The first kappa shape index (κ1) is 55.4. The molecule has 57 heavy (non-hydrogen) atoms. The molecule has 0 spiro atoms. The quantitative estimate of drug-likeness (QED) is 0.0346. The molecule has 6 nitrogen and oxygen atoms in total. The van der Waals surface area contributed by atoms with Gasteiger partial charge in [0.05, 0.1) is 0 Å². The molecule has 1 unspecified atom stereocenters. The van der Waals surface area contributed by atoms with Gasteiger partial charge in [0.25, 0.3) is 0 Å². The standard InChI is InChI=1S/C51H98O6/c1-6-8-9-10-11-12-13-14-15-16-17-18-19-26-31-36-41-49(52)55-44-48(57-51(54)43-38-33-28-22-20-24-29-34-39-46(3)4)45-56-50(53)42-37-32-27-23-21-25-30-35-40-47(5)7-2/h46-48H,6-45H2,1-5H3/t47?,48-/m1/s1. The lowest BCUT2D eigenvalue weighted by molar-refractivity contribution is -0.167. The van der Waals surface area contributed by atoms with Crippen LogP contribution < -0.4 is 0 Å². The van der Waals surface area contributed by atoms with Crippen molar-refractivity contribution in [1.29, 1.82) is 0 Å². The van der Waals surface area contributed by atoms with Gasteiger partial charge in [-0.05, 0) is 31.1 Å². The van der Waals surface area contributed by atoms with Gasteiger partial charge in [-0.25, -0.2) is 0 Å². The van der Waals surface area contributed by atoms with Crippen LogP contribution in [0, 0.1) is 11.8 Å². The number of carbonyl (C=O) groups is 3. The number of ether oxygens (including phenoxy) is 3. The van der Waals surface area contributed by atoms with Crippen molar-refractivity contribution in [3.63, 3.8) is 0 Å². The van der Waals surface area contributed by atoms with Crippen molar-refractivity contribution in [3.05, 3.63) is 0 Å². The number of unbranched alkanes of at least 4 members (excludes halogenated alkanes) is 29. The average Bonchev–Trinajstić information content (AvgIpc) is 3.19. The normalized spacial score (nSPS) is 12.5. The number of hydrogen-bond acceptors (Lipinski definition) is 6. The highest BCUT2D eigenvalue weighted by Crippen LogP contribution is 2.17. The SMILES string of the molecule is CCCCCCCCCCCCCCCCCCC(=O)OC[C@H](COC(=O)CCCCCCCCCCC(C)CC)OC(=O)CCCCCCCCCCC(C)C. The van der Waals surface area contributed by atoms with Crippen molar-refractivity contribution in [1.82, 2.24) is 0 Å². The van der Waals surface area contributed by atoms with E-state index in [9.17, 15) is 14.4 Å². The predicted octanol–water partition coefficient (Wildman–Crippen LogP) is 16.1. The molecule has 0 radical (unpaired) electrons. The van der Waals surface area contributed by atoms with E-state index in [1.807, 2.05) is 0 Å². The van der Waals surface area contributed by atoms with Crippen molar-refractivity contribution in [2.75, 3.05) is 13.2 Å². The molecule has 0 aromatic heterocycles. The first-order valence-corrected chi connectivity index (χ1v) is 25.3. The van der Waals surface area contributed by atoms with Gasteiger partial charge in [0.1, 0.15) is 13.2 Å². The molecular formula is C51H98O6. The molecule has 0 rings (SSSR count). The largest absolute Gasteiger partial charge is 0.462 e. The fourth-order valence-electron chi connectivity index (χ4n) is 7.60. The van der Waals surface area contributed by atoms with Crippen LogP contribution in [0.25, 0.3) is 0 Å². The Morgan fingerprint density at radius 3 is 1.00 bits per heavy atom. The highest BCUT2D eigenvalue weighted by molar-refractivity contribution is 5.71. The Balaban J connectivity index is 4.30. The van der Waals surface area contributed by atoms with Crippen LogP contribution in [0.1, 0.15) is 279 Å². The average molecular weight is 807 g/mol. The molecule has 0 fully saturated rings. The summed E-state index contributed by atoms with van der Waals surface area (Å²) in [5, 5.41) is 0. The summed E-state index contributed by atoms with van der Waals surface area (Å²) >= 11 is 0. The van der Waals surface area contributed by atoms with E-state index in [4.69, 9.17) is 14.2 Å². The molecule has 0 aliphatic carbocycles. The molecule has 0 aliphatic heterocycles. The van der Waals surface area contributed by atoms with Gasteiger partial charge in [-0.1, -0.05) is 240 Å². The van der Waals surface area contributed by atoms with Crippen LogP contribution in [0.2, 0.25) is 0 Å². The number of rotatable bonds is 45. The second kappa shape index (κ2) is 44.0. The van der Waals surface area contributed by atoms with Crippen LogP contribution in [0.3, 0.4) is 0 Å². The van der Waals surface area contributed by atoms with Crippen LogP contribution >= 0.6 is 0 Å². The van der Waals surface area contributed by atoms with E-state index in [1.165, 1.54) is 167 Å². The van der Waals surface area contributed by atoms with Gasteiger partial charge in [0, 0.05) is 19.3 Å². The van der Waals surface area contributed by atoms with Crippen LogP contribution in [0.15, 0.2) is 0 Å². The van der Waals surface area contributed by atoms with Gasteiger partial charge < -0.3 is 14.2 Å². The molecule has 0 saturated heterocycles. The molecule has 0 heterocycles. The maximum Gasteiger partial charge on any atom is 0.306 e. The van der Waals surface area contributed by atoms with E-state index < -0.39 is 6.10 Å².